The first-order valence-corrected chi connectivity index (χ1v) is 10.0. The van der Waals surface area contributed by atoms with E-state index in [-0.39, 0.29) is 11.9 Å². The summed E-state index contributed by atoms with van der Waals surface area (Å²) >= 11 is 5.78. The van der Waals surface area contributed by atoms with Crippen LogP contribution in [0.5, 0.6) is 0 Å². The number of nitrogens with one attached hydrogen (secondary N) is 2. The molecule has 1 aliphatic rings. The Hall–Kier alpha value is -2.66. The Bertz CT molecular complexity index is 981. The average Bonchev–Trinajstić information content (AvgIpc) is 2.70. The molecule has 5 nitrogen and oxygen atoms in total. The Labute approximate surface area is 169 Å². The van der Waals surface area contributed by atoms with Crippen molar-refractivity contribution < 1.29 is 4.79 Å². The maximum Gasteiger partial charge on any atom is 0.253 e. The lowest BCUT2D eigenvalue weighted by atomic mass is 9.91. The lowest BCUT2D eigenvalue weighted by molar-refractivity contribution is 0.0926. The Morgan fingerprint density at radius 3 is 2.57 bits per heavy atom. The van der Waals surface area contributed by atoms with E-state index in [9.17, 15) is 4.79 Å². The van der Waals surface area contributed by atoms with Crippen molar-refractivity contribution in [2.75, 3.05) is 5.32 Å². The van der Waals surface area contributed by atoms with Gasteiger partial charge in [-0.3, -0.25) is 4.79 Å². The number of aromatic nitrogens is 2. The molecular formula is C22H23ClN4O. The molecule has 2 heterocycles. The van der Waals surface area contributed by atoms with Crippen molar-refractivity contribution in [1.82, 2.24) is 15.3 Å². The van der Waals surface area contributed by atoms with Crippen LogP contribution in [0.3, 0.4) is 0 Å². The maximum atomic E-state index is 12.3. The number of carbonyl (C=O) groups is 1. The zero-order chi connectivity index (χ0) is 19.5. The van der Waals surface area contributed by atoms with E-state index in [4.69, 9.17) is 16.6 Å². The van der Waals surface area contributed by atoms with Crippen LogP contribution in [0, 0.1) is 6.92 Å². The number of carbonyl (C=O) groups excluding carboxylic acids is 1. The van der Waals surface area contributed by atoms with Gasteiger partial charge in [0.2, 0.25) is 0 Å². The SMILES string of the molecule is Cc1cc(NC2CCC(NC(=O)c3ccc(Cl)nc3)CC2)nc2ccccc12. The molecule has 0 radical (unpaired) electrons. The molecular weight excluding hydrogens is 372 g/mol. The predicted molar refractivity (Wildman–Crippen MR) is 113 cm³/mol. The van der Waals surface area contributed by atoms with E-state index in [0.29, 0.717) is 16.8 Å². The highest BCUT2D eigenvalue weighted by Crippen LogP contribution is 2.25. The fourth-order valence-corrected chi connectivity index (χ4v) is 3.91. The Morgan fingerprint density at radius 1 is 1.07 bits per heavy atom. The van der Waals surface area contributed by atoms with Crippen LogP contribution in [0.4, 0.5) is 5.82 Å². The zero-order valence-corrected chi connectivity index (χ0v) is 16.5. The molecule has 2 aromatic heterocycles. The van der Waals surface area contributed by atoms with Gasteiger partial charge in [0, 0.05) is 23.7 Å². The summed E-state index contributed by atoms with van der Waals surface area (Å²) in [6.07, 6.45) is 5.39. The highest BCUT2D eigenvalue weighted by molar-refractivity contribution is 6.29. The molecule has 1 saturated carbocycles. The first-order valence-electron chi connectivity index (χ1n) is 9.64. The number of hydrogen-bond acceptors (Lipinski definition) is 4. The third-order valence-electron chi connectivity index (χ3n) is 5.33. The Balaban J connectivity index is 1.33. The van der Waals surface area contributed by atoms with Crippen molar-refractivity contribution in [3.63, 3.8) is 0 Å². The molecule has 6 heteroatoms. The number of benzene rings is 1. The van der Waals surface area contributed by atoms with Gasteiger partial charge in [-0.15, -0.1) is 0 Å². The quantitative estimate of drug-likeness (QED) is 0.627. The van der Waals surface area contributed by atoms with Gasteiger partial charge in [-0.1, -0.05) is 29.8 Å². The molecule has 0 unspecified atom stereocenters. The zero-order valence-electron chi connectivity index (χ0n) is 15.8. The number of amides is 1. The summed E-state index contributed by atoms with van der Waals surface area (Å²) < 4.78 is 0. The molecule has 0 atom stereocenters. The van der Waals surface area contributed by atoms with Crippen molar-refractivity contribution in [3.05, 3.63) is 64.9 Å². The first kappa shape index (κ1) is 18.7. The number of nitrogens with zero attached hydrogens (tertiary/aromatic N) is 2. The molecule has 0 saturated heterocycles. The molecule has 2 N–H and O–H groups in total. The largest absolute Gasteiger partial charge is 0.367 e. The molecule has 1 aliphatic carbocycles. The summed E-state index contributed by atoms with van der Waals surface area (Å²) in [5, 5.41) is 8.26. The van der Waals surface area contributed by atoms with E-state index >= 15 is 0 Å². The van der Waals surface area contributed by atoms with Gasteiger partial charge in [-0.05, 0) is 62.4 Å². The third kappa shape index (κ3) is 4.25. The number of para-hydroxylation sites is 1. The van der Waals surface area contributed by atoms with Crippen molar-refractivity contribution in [2.45, 2.75) is 44.7 Å². The smallest absolute Gasteiger partial charge is 0.253 e. The second-order valence-corrected chi connectivity index (χ2v) is 7.76. The molecule has 3 aromatic rings. The van der Waals surface area contributed by atoms with E-state index in [1.54, 1.807) is 12.1 Å². The molecule has 1 amide bonds. The summed E-state index contributed by atoms with van der Waals surface area (Å²) in [5.74, 6) is 0.836. The van der Waals surface area contributed by atoms with E-state index in [1.807, 2.05) is 18.2 Å². The summed E-state index contributed by atoms with van der Waals surface area (Å²) in [7, 11) is 0. The Kier molecular flexibility index (Phi) is 5.44. The molecule has 4 rings (SSSR count). The van der Waals surface area contributed by atoms with Gasteiger partial charge in [-0.2, -0.15) is 0 Å². The number of hydrogen-bond donors (Lipinski definition) is 2. The number of anilines is 1. The van der Waals surface area contributed by atoms with Gasteiger partial charge in [0.05, 0.1) is 11.1 Å². The van der Waals surface area contributed by atoms with Crippen LogP contribution >= 0.6 is 11.6 Å². The molecule has 28 heavy (non-hydrogen) atoms. The Morgan fingerprint density at radius 2 is 1.82 bits per heavy atom. The average molecular weight is 395 g/mol. The van der Waals surface area contributed by atoms with Crippen LogP contribution in [0.2, 0.25) is 5.15 Å². The van der Waals surface area contributed by atoms with Crippen LogP contribution in [-0.2, 0) is 0 Å². The standard InChI is InChI=1S/C22H23ClN4O/c1-14-12-21(27-19-5-3-2-4-18(14)19)25-16-7-9-17(10-8-16)26-22(28)15-6-11-20(23)24-13-15/h2-6,11-13,16-17H,7-10H2,1H3,(H,25,27)(H,26,28). The van der Waals surface area contributed by atoms with E-state index in [1.165, 1.54) is 17.1 Å². The highest BCUT2D eigenvalue weighted by atomic mass is 35.5. The fourth-order valence-electron chi connectivity index (χ4n) is 3.79. The minimum atomic E-state index is -0.0904. The van der Waals surface area contributed by atoms with Gasteiger partial charge in [0.25, 0.3) is 5.91 Å². The van der Waals surface area contributed by atoms with Crippen molar-refractivity contribution in [2.24, 2.45) is 0 Å². The minimum absolute atomic E-state index is 0.0904. The highest BCUT2D eigenvalue weighted by Gasteiger charge is 2.23. The van der Waals surface area contributed by atoms with Gasteiger partial charge in [0.15, 0.2) is 0 Å². The van der Waals surface area contributed by atoms with E-state index in [2.05, 4.69) is 34.7 Å². The van der Waals surface area contributed by atoms with Crippen molar-refractivity contribution in [1.29, 1.82) is 0 Å². The second-order valence-electron chi connectivity index (χ2n) is 7.38. The molecule has 144 valence electrons. The van der Waals surface area contributed by atoms with Gasteiger partial charge in [-0.25, -0.2) is 9.97 Å². The topological polar surface area (TPSA) is 66.9 Å². The monoisotopic (exact) mass is 394 g/mol. The minimum Gasteiger partial charge on any atom is -0.367 e. The maximum absolute atomic E-state index is 12.3. The fraction of sp³-hybridized carbons (Fsp3) is 0.318. The van der Waals surface area contributed by atoms with Crippen LogP contribution in [-0.4, -0.2) is 28.0 Å². The lowest BCUT2D eigenvalue weighted by Crippen LogP contribution is -2.40. The number of halogens is 1. The van der Waals surface area contributed by atoms with Crippen LogP contribution < -0.4 is 10.6 Å². The molecule has 1 fully saturated rings. The molecule has 1 aromatic carbocycles. The molecule has 0 aliphatic heterocycles. The number of aryl methyl sites for hydroxylation is 1. The van der Waals surface area contributed by atoms with E-state index in [0.717, 1.165) is 37.0 Å². The molecule has 0 bridgehead atoms. The van der Waals surface area contributed by atoms with Crippen molar-refractivity contribution in [3.8, 4) is 0 Å². The number of pyridine rings is 2. The number of rotatable bonds is 4. The lowest BCUT2D eigenvalue weighted by Gasteiger charge is -2.30. The van der Waals surface area contributed by atoms with Crippen molar-refractivity contribution >= 4 is 34.2 Å². The summed E-state index contributed by atoms with van der Waals surface area (Å²) in [4.78, 5) is 21.1. The first-order chi connectivity index (χ1) is 13.6. The summed E-state index contributed by atoms with van der Waals surface area (Å²) in [6.45, 7) is 2.12. The summed E-state index contributed by atoms with van der Waals surface area (Å²) in [6, 6.07) is 14.2. The normalized spacial score (nSPS) is 19.4. The van der Waals surface area contributed by atoms with Gasteiger partial charge < -0.3 is 10.6 Å². The number of fused-ring (bicyclic) bond motifs is 1. The van der Waals surface area contributed by atoms with Crippen LogP contribution in [0.15, 0.2) is 48.7 Å². The predicted octanol–water partition coefficient (Wildman–Crippen LogP) is 4.74. The van der Waals surface area contributed by atoms with Gasteiger partial charge in [0.1, 0.15) is 11.0 Å². The van der Waals surface area contributed by atoms with Crippen LogP contribution in [0.1, 0.15) is 41.6 Å². The van der Waals surface area contributed by atoms with E-state index < -0.39 is 0 Å². The summed E-state index contributed by atoms with van der Waals surface area (Å²) in [5.41, 5.74) is 2.79. The third-order valence-corrected chi connectivity index (χ3v) is 5.55. The molecule has 0 spiro atoms. The van der Waals surface area contributed by atoms with Gasteiger partial charge >= 0.3 is 0 Å². The second kappa shape index (κ2) is 8.15. The van der Waals surface area contributed by atoms with Crippen LogP contribution in [0.25, 0.3) is 10.9 Å².